The first-order valence-corrected chi connectivity index (χ1v) is 9.28. The van der Waals surface area contributed by atoms with Crippen LogP contribution in [0.2, 0.25) is 0 Å². The minimum atomic E-state index is -0.216. The van der Waals surface area contributed by atoms with E-state index in [0.717, 1.165) is 37.7 Å². The van der Waals surface area contributed by atoms with E-state index in [-0.39, 0.29) is 17.8 Å². The average Bonchev–Trinajstić information content (AvgIpc) is 2.89. The zero-order valence-electron chi connectivity index (χ0n) is 15.4. The molecule has 3 nitrogen and oxygen atoms in total. The first-order valence-electron chi connectivity index (χ1n) is 9.28. The summed E-state index contributed by atoms with van der Waals surface area (Å²) in [6.07, 6.45) is 5.14. The summed E-state index contributed by atoms with van der Waals surface area (Å²) in [5.41, 5.74) is 4.89. The molecule has 3 rings (SSSR count). The Labute approximate surface area is 149 Å². The van der Waals surface area contributed by atoms with Crippen molar-refractivity contribution >= 4 is 5.91 Å². The van der Waals surface area contributed by atoms with Crippen LogP contribution >= 0.6 is 0 Å². The molecular formula is C21H27FN2O. The Balaban J connectivity index is 2.05. The van der Waals surface area contributed by atoms with Crippen molar-refractivity contribution in [2.45, 2.75) is 65.5 Å². The maximum Gasteiger partial charge on any atom is 0.268 e. The number of nitrogens with zero attached hydrogens (tertiary/aromatic N) is 1. The van der Waals surface area contributed by atoms with E-state index in [1.54, 1.807) is 12.1 Å². The van der Waals surface area contributed by atoms with Gasteiger partial charge in [0.1, 0.15) is 11.5 Å². The molecule has 0 spiro atoms. The van der Waals surface area contributed by atoms with Crippen LogP contribution in [0.25, 0.3) is 0 Å². The first-order chi connectivity index (χ1) is 12.0. The van der Waals surface area contributed by atoms with Gasteiger partial charge in [0.05, 0.1) is 6.54 Å². The monoisotopic (exact) mass is 342 g/mol. The normalized spacial score (nSPS) is 14.9. The minimum absolute atomic E-state index is 0.0439. The molecule has 25 heavy (non-hydrogen) atoms. The minimum Gasteiger partial charge on any atom is -0.348 e. The van der Waals surface area contributed by atoms with Crippen molar-refractivity contribution < 1.29 is 9.18 Å². The van der Waals surface area contributed by atoms with Gasteiger partial charge < -0.3 is 9.88 Å². The van der Waals surface area contributed by atoms with Gasteiger partial charge in [-0.25, -0.2) is 4.39 Å². The fourth-order valence-corrected chi connectivity index (χ4v) is 3.73. The summed E-state index contributed by atoms with van der Waals surface area (Å²) in [7, 11) is 0. The highest BCUT2D eigenvalue weighted by atomic mass is 19.1. The van der Waals surface area contributed by atoms with Gasteiger partial charge in [-0.15, -0.1) is 0 Å². The van der Waals surface area contributed by atoms with E-state index < -0.39 is 0 Å². The molecule has 1 aliphatic carbocycles. The van der Waals surface area contributed by atoms with Gasteiger partial charge in [0.15, 0.2) is 0 Å². The van der Waals surface area contributed by atoms with E-state index in [1.165, 1.54) is 17.3 Å². The second-order valence-corrected chi connectivity index (χ2v) is 7.07. The number of amides is 1. The van der Waals surface area contributed by atoms with Crippen LogP contribution in [-0.2, 0) is 19.4 Å². The molecule has 0 fully saturated rings. The second-order valence-electron chi connectivity index (χ2n) is 7.07. The van der Waals surface area contributed by atoms with E-state index in [9.17, 15) is 9.18 Å². The van der Waals surface area contributed by atoms with Crippen molar-refractivity contribution in [1.29, 1.82) is 0 Å². The van der Waals surface area contributed by atoms with Crippen molar-refractivity contribution in [3.05, 3.63) is 58.2 Å². The number of carbonyl (C=O) groups is 1. The fourth-order valence-electron chi connectivity index (χ4n) is 3.73. The molecule has 0 saturated carbocycles. The van der Waals surface area contributed by atoms with Crippen LogP contribution in [-0.4, -0.2) is 16.5 Å². The van der Waals surface area contributed by atoms with Gasteiger partial charge in [-0.3, -0.25) is 4.79 Å². The van der Waals surface area contributed by atoms with Crippen LogP contribution in [0, 0.1) is 12.7 Å². The summed E-state index contributed by atoms with van der Waals surface area (Å²) in [4.78, 5) is 12.9. The molecule has 0 saturated heterocycles. The number of hydrogen-bond acceptors (Lipinski definition) is 1. The number of hydrogen-bond donors (Lipinski definition) is 1. The molecule has 0 radical (unpaired) electrons. The third-order valence-corrected chi connectivity index (χ3v) is 5.33. The molecule has 1 aromatic heterocycles. The number of halogens is 1. The molecular weight excluding hydrogens is 315 g/mol. The number of benzene rings is 1. The summed E-state index contributed by atoms with van der Waals surface area (Å²) in [6, 6.07) is 6.96. The van der Waals surface area contributed by atoms with Gasteiger partial charge in [0, 0.05) is 17.3 Å². The van der Waals surface area contributed by atoms with Crippen molar-refractivity contribution in [3.63, 3.8) is 0 Å². The largest absolute Gasteiger partial charge is 0.348 e. The molecule has 1 atom stereocenters. The van der Waals surface area contributed by atoms with Crippen molar-refractivity contribution in [2.75, 3.05) is 0 Å². The topological polar surface area (TPSA) is 34.0 Å². The van der Waals surface area contributed by atoms with Crippen LogP contribution in [0.3, 0.4) is 0 Å². The SMILES string of the molecule is CCC(C)NC(=O)c1c(C)c2c(n1Cc1ccccc1F)CCCC2. The lowest BCUT2D eigenvalue weighted by Crippen LogP contribution is -2.34. The van der Waals surface area contributed by atoms with Crippen LogP contribution in [0.4, 0.5) is 4.39 Å². The average molecular weight is 342 g/mol. The van der Waals surface area contributed by atoms with Crippen molar-refractivity contribution in [1.82, 2.24) is 9.88 Å². The van der Waals surface area contributed by atoms with Crippen molar-refractivity contribution in [2.24, 2.45) is 0 Å². The van der Waals surface area contributed by atoms with Crippen LogP contribution in [0.1, 0.15) is 66.0 Å². The standard InChI is InChI=1S/C21H27FN2O/c1-4-14(2)23-21(25)20-15(3)17-10-6-8-12-19(17)24(20)13-16-9-5-7-11-18(16)22/h5,7,9,11,14H,4,6,8,10,12-13H2,1-3H3,(H,23,25). The van der Waals surface area contributed by atoms with Crippen LogP contribution < -0.4 is 5.32 Å². The molecule has 1 aliphatic rings. The predicted octanol–water partition coefficient (Wildman–Crippen LogP) is 4.39. The molecule has 134 valence electrons. The first kappa shape index (κ1) is 17.7. The highest BCUT2D eigenvalue weighted by molar-refractivity contribution is 5.95. The van der Waals surface area contributed by atoms with Crippen molar-refractivity contribution in [3.8, 4) is 0 Å². The molecule has 0 aliphatic heterocycles. The summed E-state index contributed by atoms with van der Waals surface area (Å²) in [5.74, 6) is -0.260. The number of rotatable bonds is 5. The maximum absolute atomic E-state index is 14.2. The summed E-state index contributed by atoms with van der Waals surface area (Å²) < 4.78 is 16.3. The smallest absolute Gasteiger partial charge is 0.268 e. The van der Waals surface area contributed by atoms with E-state index in [2.05, 4.69) is 16.8 Å². The Morgan fingerprint density at radius 1 is 1.28 bits per heavy atom. The van der Waals surface area contributed by atoms with Gasteiger partial charge in [-0.05, 0) is 63.1 Å². The Bertz CT molecular complexity index is 778. The lowest BCUT2D eigenvalue weighted by atomic mass is 9.95. The third-order valence-electron chi connectivity index (χ3n) is 5.33. The Morgan fingerprint density at radius 3 is 2.72 bits per heavy atom. The maximum atomic E-state index is 14.2. The summed E-state index contributed by atoms with van der Waals surface area (Å²) in [5, 5.41) is 3.08. The lowest BCUT2D eigenvalue weighted by Gasteiger charge is -2.18. The Kier molecular flexibility index (Phi) is 5.26. The summed E-state index contributed by atoms with van der Waals surface area (Å²) in [6.45, 7) is 6.51. The van der Waals surface area contributed by atoms with Crippen LogP contribution in [0.5, 0.6) is 0 Å². The zero-order valence-corrected chi connectivity index (χ0v) is 15.4. The van der Waals surface area contributed by atoms with E-state index >= 15 is 0 Å². The molecule has 1 aromatic carbocycles. The number of aromatic nitrogens is 1. The molecule has 1 amide bonds. The van der Waals surface area contributed by atoms with Gasteiger partial charge in [0.25, 0.3) is 5.91 Å². The van der Waals surface area contributed by atoms with Gasteiger partial charge in [-0.2, -0.15) is 0 Å². The van der Waals surface area contributed by atoms with Crippen LogP contribution in [0.15, 0.2) is 24.3 Å². The van der Waals surface area contributed by atoms with Gasteiger partial charge >= 0.3 is 0 Å². The molecule has 4 heteroatoms. The van der Waals surface area contributed by atoms with Gasteiger partial charge in [-0.1, -0.05) is 25.1 Å². The van der Waals surface area contributed by atoms with E-state index in [4.69, 9.17) is 0 Å². The fraction of sp³-hybridized carbons (Fsp3) is 0.476. The molecule has 1 heterocycles. The number of nitrogens with one attached hydrogen (secondary N) is 1. The molecule has 2 aromatic rings. The molecule has 0 bridgehead atoms. The van der Waals surface area contributed by atoms with Gasteiger partial charge in [0.2, 0.25) is 0 Å². The third kappa shape index (κ3) is 3.48. The number of carbonyl (C=O) groups excluding carboxylic acids is 1. The van der Waals surface area contributed by atoms with E-state index in [1.807, 2.05) is 19.9 Å². The Morgan fingerprint density at radius 2 is 2.00 bits per heavy atom. The highest BCUT2D eigenvalue weighted by Crippen LogP contribution is 2.30. The number of fused-ring (bicyclic) bond motifs is 1. The predicted molar refractivity (Wildman–Crippen MR) is 98.5 cm³/mol. The Hall–Kier alpha value is -2.10. The van der Waals surface area contributed by atoms with E-state index in [0.29, 0.717) is 17.8 Å². The molecule has 1 N–H and O–H groups in total. The second kappa shape index (κ2) is 7.42. The molecule has 1 unspecified atom stereocenters. The summed E-state index contributed by atoms with van der Waals surface area (Å²) >= 11 is 0. The highest BCUT2D eigenvalue weighted by Gasteiger charge is 2.27. The lowest BCUT2D eigenvalue weighted by molar-refractivity contribution is 0.0929. The zero-order chi connectivity index (χ0) is 18.0. The quantitative estimate of drug-likeness (QED) is 0.859.